The van der Waals surface area contributed by atoms with Crippen molar-refractivity contribution >= 4 is 22.8 Å². The third kappa shape index (κ3) is 5.37. The van der Waals surface area contributed by atoms with Crippen molar-refractivity contribution < 1.29 is 13.9 Å². The van der Waals surface area contributed by atoms with Crippen molar-refractivity contribution in [3.8, 4) is 23.0 Å². The van der Waals surface area contributed by atoms with Gasteiger partial charge in [-0.3, -0.25) is 0 Å². The number of methoxy groups -OCH3 is 1. The molecule has 1 aliphatic carbocycles. The summed E-state index contributed by atoms with van der Waals surface area (Å²) < 4.78 is 19.3. The lowest BCUT2D eigenvalue weighted by molar-refractivity contribution is -0.0200. The molecule has 4 heterocycles. The van der Waals surface area contributed by atoms with Gasteiger partial charge in [0.1, 0.15) is 23.1 Å². The van der Waals surface area contributed by atoms with Gasteiger partial charge in [-0.15, -0.1) is 5.10 Å². The number of hydrogen-bond acceptors (Lipinski definition) is 8. The maximum Gasteiger partial charge on any atom is 0.434 e. The molecule has 10 nitrogen and oxygen atoms in total. The lowest BCUT2D eigenvalue weighted by Crippen LogP contribution is -2.27. The molecule has 39 heavy (non-hydrogen) atoms. The number of halogens is 1. The number of aromatic amines is 1. The molecule has 0 radical (unpaired) electrons. The monoisotopic (exact) mass is 552 g/mol. The van der Waals surface area contributed by atoms with Crippen LogP contribution in [0.15, 0.2) is 33.5 Å². The van der Waals surface area contributed by atoms with Crippen LogP contribution in [-0.4, -0.2) is 50.0 Å². The van der Waals surface area contributed by atoms with Gasteiger partial charge >= 0.3 is 5.76 Å². The van der Waals surface area contributed by atoms with E-state index in [1.54, 1.807) is 7.11 Å². The molecule has 2 aliphatic rings. The van der Waals surface area contributed by atoms with Crippen molar-refractivity contribution in [2.75, 3.05) is 20.3 Å². The number of ether oxygens (including phenoxy) is 2. The fourth-order valence-electron chi connectivity index (χ4n) is 6.01. The minimum Gasteiger partial charge on any atom is -0.384 e. The first-order valence-corrected chi connectivity index (χ1v) is 14.1. The summed E-state index contributed by atoms with van der Waals surface area (Å²) in [5.74, 6) is 1.91. The molecule has 11 heteroatoms. The van der Waals surface area contributed by atoms with E-state index >= 15 is 0 Å². The third-order valence-corrected chi connectivity index (χ3v) is 8.37. The number of imidazole rings is 1. The normalized spacial score (nSPS) is 21.4. The van der Waals surface area contributed by atoms with Crippen molar-refractivity contribution in [1.82, 2.24) is 29.7 Å². The molecule has 206 valence electrons. The van der Waals surface area contributed by atoms with E-state index in [0.29, 0.717) is 35.5 Å². The fourth-order valence-corrected chi connectivity index (χ4v) is 6.20. The van der Waals surface area contributed by atoms with Crippen LogP contribution >= 0.6 is 11.6 Å². The first-order chi connectivity index (χ1) is 19.0. The molecule has 0 spiro atoms. The van der Waals surface area contributed by atoms with Crippen LogP contribution in [0.1, 0.15) is 57.4 Å². The zero-order chi connectivity index (χ0) is 26.9. The second-order valence-electron chi connectivity index (χ2n) is 10.8. The van der Waals surface area contributed by atoms with Gasteiger partial charge in [-0.1, -0.05) is 43.5 Å². The number of nitrogens with zero attached hydrogens (tertiary/aromatic N) is 5. The van der Waals surface area contributed by atoms with Crippen LogP contribution in [0.4, 0.5) is 0 Å². The van der Waals surface area contributed by atoms with Crippen molar-refractivity contribution in [2.24, 2.45) is 17.8 Å². The predicted octanol–water partition coefficient (Wildman–Crippen LogP) is 5.43. The van der Waals surface area contributed by atoms with E-state index in [0.717, 1.165) is 42.2 Å². The van der Waals surface area contributed by atoms with Gasteiger partial charge < -0.3 is 18.5 Å². The molecule has 1 N–H and O–H groups in total. The number of hydrogen-bond donors (Lipinski definition) is 1. The molecule has 1 atom stereocenters. The maximum absolute atomic E-state index is 11.7. The molecule has 1 aromatic carbocycles. The Kier molecular flexibility index (Phi) is 7.51. The minimum atomic E-state index is -0.672. The second kappa shape index (κ2) is 11.2. The summed E-state index contributed by atoms with van der Waals surface area (Å²) in [5, 5.41) is 6.86. The van der Waals surface area contributed by atoms with Crippen LogP contribution in [-0.2, 0) is 16.0 Å². The van der Waals surface area contributed by atoms with Gasteiger partial charge in [-0.25, -0.2) is 24.8 Å². The molecular formula is C28H33ClN6O4. The van der Waals surface area contributed by atoms with Crippen molar-refractivity contribution in [3.63, 3.8) is 0 Å². The van der Waals surface area contributed by atoms with Gasteiger partial charge in [0, 0.05) is 37.5 Å². The summed E-state index contributed by atoms with van der Waals surface area (Å²) >= 11 is 6.42. The lowest BCUT2D eigenvalue weighted by atomic mass is 9.83. The third-order valence-electron chi connectivity index (χ3n) is 8.14. The summed E-state index contributed by atoms with van der Waals surface area (Å²) in [4.78, 5) is 26.4. The average molecular weight is 553 g/mol. The number of benzene rings is 1. The highest BCUT2D eigenvalue weighted by molar-refractivity contribution is 6.30. The van der Waals surface area contributed by atoms with Gasteiger partial charge in [0.25, 0.3) is 5.89 Å². The molecule has 0 amide bonds. The Labute approximate surface area is 231 Å². The number of rotatable bonds is 7. The minimum absolute atomic E-state index is 0.00951. The van der Waals surface area contributed by atoms with Gasteiger partial charge in [0.15, 0.2) is 5.65 Å². The summed E-state index contributed by atoms with van der Waals surface area (Å²) in [6, 6.07) is 7.56. The summed E-state index contributed by atoms with van der Waals surface area (Å²) in [7, 11) is 1.75. The van der Waals surface area contributed by atoms with Crippen molar-refractivity contribution in [3.05, 3.63) is 45.7 Å². The largest absolute Gasteiger partial charge is 0.434 e. The molecule has 1 saturated carbocycles. The van der Waals surface area contributed by atoms with Crippen LogP contribution in [0, 0.1) is 17.8 Å². The van der Waals surface area contributed by atoms with E-state index in [4.69, 9.17) is 40.4 Å². The highest BCUT2D eigenvalue weighted by Gasteiger charge is 2.33. The van der Waals surface area contributed by atoms with Crippen molar-refractivity contribution in [2.45, 2.75) is 58.1 Å². The Bertz CT molecular complexity index is 1500. The van der Waals surface area contributed by atoms with Gasteiger partial charge in [-0.05, 0) is 55.6 Å². The van der Waals surface area contributed by atoms with E-state index in [9.17, 15) is 4.79 Å². The zero-order valence-corrected chi connectivity index (χ0v) is 23.0. The van der Waals surface area contributed by atoms with Crippen molar-refractivity contribution in [1.29, 1.82) is 0 Å². The summed E-state index contributed by atoms with van der Waals surface area (Å²) in [6.07, 6.45) is 6.36. The van der Waals surface area contributed by atoms with Crippen LogP contribution < -0.4 is 5.76 Å². The Morgan fingerprint density at radius 1 is 1.13 bits per heavy atom. The standard InChI is InChI=1S/C28H33ClN6O4/c1-16-6-8-17(9-7-16)15-35-22-21(19-4-3-5-20(29)14-19)30-25(27-33-34-28(36)39-27)31-24(22)32-26(35)23(37-2)18-10-12-38-13-11-18/h3-5,14,16-18,23H,6-13,15H2,1-2H3,(H,34,36). The van der Waals surface area contributed by atoms with E-state index in [2.05, 4.69) is 21.7 Å². The number of H-pyrrole nitrogens is 1. The van der Waals surface area contributed by atoms with Gasteiger partial charge in [-0.2, -0.15) is 0 Å². The highest BCUT2D eigenvalue weighted by atomic mass is 35.5. The van der Waals surface area contributed by atoms with E-state index < -0.39 is 5.76 Å². The predicted molar refractivity (Wildman–Crippen MR) is 146 cm³/mol. The van der Waals surface area contributed by atoms with Crippen LogP contribution in [0.2, 0.25) is 5.02 Å². The molecular weight excluding hydrogens is 520 g/mol. The highest BCUT2D eigenvalue weighted by Crippen LogP contribution is 2.39. The first-order valence-electron chi connectivity index (χ1n) is 13.7. The number of aromatic nitrogens is 6. The van der Waals surface area contributed by atoms with Gasteiger partial charge in [0.05, 0.1) is 0 Å². The quantitative estimate of drug-likeness (QED) is 0.322. The lowest BCUT2D eigenvalue weighted by Gasteiger charge is -2.31. The Balaban J connectivity index is 1.57. The average Bonchev–Trinajstić information content (AvgIpc) is 3.54. The second-order valence-corrected chi connectivity index (χ2v) is 11.2. The molecule has 1 aliphatic heterocycles. The molecule has 4 aromatic rings. The SMILES string of the molecule is COC(c1nc2nc(-c3n[nH]c(=O)o3)nc(-c3cccc(Cl)c3)c2n1CC1CCC(C)CC1)C1CCOCC1. The van der Waals surface area contributed by atoms with Gasteiger partial charge in [0.2, 0.25) is 5.82 Å². The topological polar surface area (TPSA) is 121 Å². The Morgan fingerprint density at radius 2 is 1.92 bits per heavy atom. The Hall–Kier alpha value is -3.08. The fraction of sp³-hybridized carbons (Fsp3) is 0.536. The van der Waals surface area contributed by atoms with Crippen LogP contribution in [0.3, 0.4) is 0 Å². The first kappa shape index (κ1) is 26.2. The number of fused-ring (bicyclic) bond motifs is 1. The van der Waals surface area contributed by atoms with Crippen LogP contribution in [0.5, 0.6) is 0 Å². The van der Waals surface area contributed by atoms with E-state index in [1.165, 1.54) is 25.7 Å². The Morgan fingerprint density at radius 3 is 2.62 bits per heavy atom. The summed E-state index contributed by atoms with van der Waals surface area (Å²) in [6.45, 7) is 4.55. The van der Waals surface area contributed by atoms with E-state index in [1.807, 2.05) is 24.3 Å². The molecule has 6 rings (SSSR count). The maximum atomic E-state index is 11.7. The molecule has 2 fully saturated rings. The summed E-state index contributed by atoms with van der Waals surface area (Å²) in [5.41, 5.74) is 2.81. The van der Waals surface area contributed by atoms with Crippen LogP contribution in [0.25, 0.3) is 34.1 Å². The van der Waals surface area contributed by atoms with E-state index in [-0.39, 0.29) is 23.7 Å². The molecule has 3 aromatic heterocycles. The smallest absolute Gasteiger partial charge is 0.384 e. The molecule has 1 unspecified atom stereocenters. The molecule has 1 saturated heterocycles. The number of nitrogens with one attached hydrogen (secondary N) is 1. The zero-order valence-electron chi connectivity index (χ0n) is 22.2. The molecule has 0 bridgehead atoms.